The van der Waals surface area contributed by atoms with E-state index in [0.717, 1.165) is 19.3 Å². The molecule has 0 aromatic carbocycles. The lowest BCUT2D eigenvalue weighted by molar-refractivity contribution is -0.261. The zero-order valence-corrected chi connectivity index (χ0v) is 13.3. The minimum absolute atomic E-state index is 0.282. The molecule has 0 aliphatic heterocycles. The van der Waals surface area contributed by atoms with Gasteiger partial charge in [-0.2, -0.15) is 0 Å². The van der Waals surface area contributed by atoms with E-state index >= 15 is 0 Å². The van der Waals surface area contributed by atoms with Crippen molar-refractivity contribution in [1.82, 2.24) is 0 Å². The second kappa shape index (κ2) is 12.9. The maximum atomic E-state index is 11.3. The Labute approximate surface area is 123 Å². The first-order valence-electron chi connectivity index (χ1n) is 7.99. The average molecular weight is 286 g/mol. The topological polar surface area (TPSA) is 52.6 Å². The molecule has 0 aliphatic rings. The van der Waals surface area contributed by atoms with Crippen molar-refractivity contribution in [2.24, 2.45) is 5.92 Å². The first-order chi connectivity index (χ1) is 9.57. The van der Waals surface area contributed by atoms with E-state index in [1.54, 1.807) is 13.8 Å². The smallest absolute Gasteiger partial charge is 0.247 e. The zero-order chi connectivity index (χ0) is 15.2. The predicted molar refractivity (Wildman–Crippen MR) is 78.9 cm³/mol. The third kappa shape index (κ3) is 12.0. The Hall–Kier alpha value is -1.06. The fourth-order valence-electron chi connectivity index (χ4n) is 1.81. The fraction of sp³-hybridized carbons (Fsp3) is 0.875. The minimum atomic E-state index is -0.509. The Morgan fingerprint density at radius 2 is 1.30 bits per heavy atom. The number of carbonyl (C=O) groups excluding carboxylic acids is 2. The van der Waals surface area contributed by atoms with Gasteiger partial charge in [0.2, 0.25) is 0 Å². The molecule has 0 saturated carbocycles. The maximum absolute atomic E-state index is 11.3. The van der Waals surface area contributed by atoms with Crippen molar-refractivity contribution < 1.29 is 19.4 Å². The molecule has 0 heterocycles. The minimum Gasteiger partial charge on any atom is -0.247 e. The first kappa shape index (κ1) is 18.9. The van der Waals surface area contributed by atoms with E-state index in [1.165, 1.54) is 38.5 Å². The molecule has 0 saturated heterocycles. The molecule has 0 unspecified atom stereocenters. The molecule has 0 N–H and O–H groups in total. The molecule has 0 spiro atoms. The van der Waals surface area contributed by atoms with Crippen LogP contribution in [-0.2, 0) is 19.4 Å². The fourth-order valence-corrected chi connectivity index (χ4v) is 1.81. The Morgan fingerprint density at radius 1 is 0.800 bits per heavy atom. The molecule has 0 radical (unpaired) electrons. The van der Waals surface area contributed by atoms with E-state index in [4.69, 9.17) is 0 Å². The standard InChI is InChI=1S/C16H30O4/c1-4-5-6-7-8-9-10-11-12-13-15(17)19-20-16(18)14(2)3/h14H,4-13H2,1-3H3. The quantitative estimate of drug-likeness (QED) is 0.317. The molecule has 0 amide bonds. The summed E-state index contributed by atoms with van der Waals surface area (Å²) in [4.78, 5) is 31.2. The molecular formula is C16H30O4. The highest BCUT2D eigenvalue weighted by molar-refractivity contribution is 5.73. The van der Waals surface area contributed by atoms with Crippen LogP contribution >= 0.6 is 0 Å². The van der Waals surface area contributed by atoms with Crippen molar-refractivity contribution in [2.75, 3.05) is 0 Å². The third-order valence-corrected chi connectivity index (χ3v) is 3.17. The molecule has 0 aromatic heterocycles. The molecule has 20 heavy (non-hydrogen) atoms. The van der Waals surface area contributed by atoms with Gasteiger partial charge in [0.05, 0.1) is 12.3 Å². The molecular weight excluding hydrogens is 256 g/mol. The van der Waals surface area contributed by atoms with Crippen molar-refractivity contribution in [3.63, 3.8) is 0 Å². The van der Waals surface area contributed by atoms with E-state index in [9.17, 15) is 9.59 Å². The predicted octanol–water partition coefficient (Wildman–Crippen LogP) is 4.56. The summed E-state index contributed by atoms with van der Waals surface area (Å²) in [6, 6.07) is 0. The third-order valence-electron chi connectivity index (χ3n) is 3.17. The van der Waals surface area contributed by atoms with Gasteiger partial charge in [-0.1, -0.05) is 72.1 Å². The van der Waals surface area contributed by atoms with Crippen molar-refractivity contribution >= 4 is 11.9 Å². The van der Waals surface area contributed by atoms with Crippen LogP contribution in [0, 0.1) is 5.92 Å². The van der Waals surface area contributed by atoms with Crippen LogP contribution in [0.5, 0.6) is 0 Å². The normalized spacial score (nSPS) is 10.6. The molecule has 0 fully saturated rings. The number of hydrogen-bond acceptors (Lipinski definition) is 4. The second-order valence-electron chi connectivity index (χ2n) is 5.59. The summed E-state index contributed by atoms with van der Waals surface area (Å²) in [6.07, 6.45) is 11.1. The molecule has 4 nitrogen and oxygen atoms in total. The highest BCUT2D eigenvalue weighted by Gasteiger charge is 2.12. The van der Waals surface area contributed by atoms with Gasteiger partial charge in [-0.25, -0.2) is 19.4 Å². The average Bonchev–Trinajstić information content (AvgIpc) is 2.42. The molecule has 0 atom stereocenters. The van der Waals surface area contributed by atoms with Gasteiger partial charge in [0.15, 0.2) is 0 Å². The van der Waals surface area contributed by atoms with Crippen molar-refractivity contribution in [3.05, 3.63) is 0 Å². The van der Waals surface area contributed by atoms with E-state index < -0.39 is 11.9 Å². The second-order valence-corrected chi connectivity index (χ2v) is 5.59. The highest BCUT2D eigenvalue weighted by Crippen LogP contribution is 2.10. The van der Waals surface area contributed by atoms with Crippen LogP contribution in [0.3, 0.4) is 0 Å². The van der Waals surface area contributed by atoms with Crippen LogP contribution in [0.25, 0.3) is 0 Å². The monoisotopic (exact) mass is 286 g/mol. The van der Waals surface area contributed by atoms with Gasteiger partial charge in [-0.15, -0.1) is 0 Å². The lowest BCUT2D eigenvalue weighted by Gasteiger charge is -2.05. The number of unbranched alkanes of at least 4 members (excludes halogenated alkanes) is 8. The summed E-state index contributed by atoms with van der Waals surface area (Å²) >= 11 is 0. The van der Waals surface area contributed by atoms with Gasteiger partial charge in [0.1, 0.15) is 0 Å². The lowest BCUT2D eigenvalue weighted by atomic mass is 10.1. The van der Waals surface area contributed by atoms with E-state index in [0.29, 0.717) is 6.42 Å². The molecule has 0 aromatic rings. The van der Waals surface area contributed by atoms with Gasteiger partial charge >= 0.3 is 11.9 Å². The maximum Gasteiger partial charge on any atom is 0.358 e. The largest absolute Gasteiger partial charge is 0.358 e. The number of hydrogen-bond donors (Lipinski definition) is 0. The Kier molecular flexibility index (Phi) is 12.3. The lowest BCUT2D eigenvalue weighted by Crippen LogP contribution is -2.15. The van der Waals surface area contributed by atoms with Crippen molar-refractivity contribution in [2.45, 2.75) is 85.0 Å². The van der Waals surface area contributed by atoms with Crippen LogP contribution < -0.4 is 0 Å². The van der Waals surface area contributed by atoms with Crippen LogP contribution in [0.15, 0.2) is 0 Å². The van der Waals surface area contributed by atoms with E-state index in [2.05, 4.69) is 16.7 Å². The summed E-state index contributed by atoms with van der Waals surface area (Å²) in [6.45, 7) is 5.60. The summed E-state index contributed by atoms with van der Waals surface area (Å²) in [5, 5.41) is 0. The Bertz CT molecular complexity index is 261. The van der Waals surface area contributed by atoms with Crippen LogP contribution in [0.4, 0.5) is 0 Å². The summed E-state index contributed by atoms with van der Waals surface area (Å²) in [5.41, 5.74) is 0. The van der Waals surface area contributed by atoms with Crippen LogP contribution in [0.2, 0.25) is 0 Å². The first-order valence-corrected chi connectivity index (χ1v) is 7.99. The molecule has 0 rings (SSSR count). The van der Waals surface area contributed by atoms with Gasteiger partial charge in [0, 0.05) is 0 Å². The van der Waals surface area contributed by atoms with Gasteiger partial charge in [-0.05, 0) is 6.42 Å². The summed E-state index contributed by atoms with van der Waals surface area (Å²) in [7, 11) is 0. The molecule has 0 aliphatic carbocycles. The zero-order valence-electron chi connectivity index (χ0n) is 13.3. The summed E-state index contributed by atoms with van der Waals surface area (Å²) in [5.74, 6) is -1.25. The Morgan fingerprint density at radius 3 is 1.80 bits per heavy atom. The number of rotatable bonds is 11. The van der Waals surface area contributed by atoms with Crippen LogP contribution in [-0.4, -0.2) is 11.9 Å². The Balaban J connectivity index is 3.29. The van der Waals surface area contributed by atoms with Crippen LogP contribution in [0.1, 0.15) is 85.0 Å². The number of carbonyl (C=O) groups is 2. The molecule has 118 valence electrons. The van der Waals surface area contributed by atoms with E-state index in [1.807, 2.05) is 0 Å². The SMILES string of the molecule is CCCCCCCCCCCC(=O)OOC(=O)C(C)C. The van der Waals surface area contributed by atoms with E-state index in [-0.39, 0.29) is 5.92 Å². The van der Waals surface area contributed by atoms with Gasteiger partial charge in [-0.3, -0.25) is 0 Å². The van der Waals surface area contributed by atoms with Crippen molar-refractivity contribution in [3.8, 4) is 0 Å². The van der Waals surface area contributed by atoms with Gasteiger partial charge in [0.25, 0.3) is 0 Å². The van der Waals surface area contributed by atoms with Gasteiger partial charge < -0.3 is 0 Å². The molecule has 4 heteroatoms. The highest BCUT2D eigenvalue weighted by atomic mass is 17.2. The molecule has 0 bridgehead atoms. The van der Waals surface area contributed by atoms with Crippen molar-refractivity contribution in [1.29, 1.82) is 0 Å². The summed E-state index contributed by atoms with van der Waals surface area (Å²) < 4.78 is 0.